The molecule has 0 bridgehead atoms. The predicted molar refractivity (Wildman–Crippen MR) is 71.9 cm³/mol. The zero-order valence-corrected chi connectivity index (χ0v) is 11.4. The van der Waals surface area contributed by atoms with Crippen molar-refractivity contribution < 1.29 is 14.6 Å². The van der Waals surface area contributed by atoms with E-state index in [9.17, 15) is 9.90 Å². The Morgan fingerprint density at radius 3 is 2.44 bits per heavy atom. The molecule has 0 unspecified atom stereocenters. The fraction of sp³-hybridized carbons (Fsp3) is 0.182. The molecule has 0 spiro atoms. The van der Waals surface area contributed by atoms with Crippen molar-refractivity contribution in [3.8, 4) is 0 Å². The van der Waals surface area contributed by atoms with Gasteiger partial charge in [-0.2, -0.15) is 0 Å². The number of aliphatic hydroxyl groups is 1. The van der Waals surface area contributed by atoms with Crippen molar-refractivity contribution >= 4 is 45.9 Å². The monoisotopic (exact) mass is 352 g/mol. The second-order valence-electron chi connectivity index (χ2n) is 2.96. The van der Waals surface area contributed by atoms with Gasteiger partial charge in [0.05, 0.1) is 12.7 Å². The number of carbonyl (C=O) groups excluding carboxylic acids is 1. The Labute approximate surface area is 112 Å². The van der Waals surface area contributed by atoms with Crippen LogP contribution in [-0.2, 0) is 9.53 Å². The second kappa shape index (κ2) is 6.10. The second-order valence-corrected chi connectivity index (χ2v) is 4.16. The van der Waals surface area contributed by atoms with Gasteiger partial charge in [0.2, 0.25) is 0 Å². The van der Waals surface area contributed by atoms with Crippen molar-refractivity contribution in [2.24, 2.45) is 0 Å². The quantitative estimate of drug-likeness (QED) is 0.299. The molecule has 5 heteroatoms. The summed E-state index contributed by atoms with van der Waals surface area (Å²) in [4.78, 5) is 11.4. The number of hydrogen-bond donors (Lipinski definition) is 1. The third kappa shape index (κ3) is 3.12. The Kier molecular flexibility index (Phi) is 5.08. The van der Waals surface area contributed by atoms with E-state index in [4.69, 9.17) is 11.6 Å². The molecular weight excluding hydrogens is 342 g/mol. The van der Waals surface area contributed by atoms with Gasteiger partial charge < -0.3 is 9.84 Å². The number of rotatable bonds is 3. The molecule has 0 aliphatic rings. The standard InChI is InChI=1S/C11H10ClIO3/c1-16-11(15)9(6-13)10(14)7-2-4-8(12)5-3-7/h2-5,14H,6H2,1H3/b10-9+. The Morgan fingerprint density at radius 1 is 1.44 bits per heavy atom. The first-order valence-electron chi connectivity index (χ1n) is 4.42. The molecule has 0 saturated heterocycles. The summed E-state index contributed by atoms with van der Waals surface area (Å²) >= 11 is 7.72. The molecule has 0 aliphatic heterocycles. The summed E-state index contributed by atoms with van der Waals surface area (Å²) in [5, 5.41) is 10.5. The smallest absolute Gasteiger partial charge is 0.338 e. The highest BCUT2D eigenvalue weighted by atomic mass is 127. The van der Waals surface area contributed by atoms with Gasteiger partial charge in [0.15, 0.2) is 0 Å². The number of halogens is 2. The minimum Gasteiger partial charge on any atom is -0.507 e. The molecule has 1 N–H and O–H groups in total. The number of alkyl halides is 1. The predicted octanol–water partition coefficient (Wildman–Crippen LogP) is 3.22. The number of hydrogen-bond acceptors (Lipinski definition) is 3. The summed E-state index contributed by atoms with van der Waals surface area (Å²) < 4.78 is 4.96. The molecule has 0 amide bonds. The van der Waals surface area contributed by atoms with Gasteiger partial charge in [0.25, 0.3) is 0 Å². The van der Waals surface area contributed by atoms with E-state index in [0.29, 0.717) is 15.0 Å². The Morgan fingerprint density at radius 2 is 2.00 bits per heavy atom. The van der Waals surface area contributed by atoms with Crippen molar-refractivity contribution in [3.63, 3.8) is 0 Å². The van der Waals surface area contributed by atoms with Crippen LogP contribution in [0.25, 0.3) is 5.76 Å². The van der Waals surface area contributed by atoms with E-state index in [1.807, 2.05) is 22.6 Å². The SMILES string of the molecule is COC(=O)/C(CI)=C(/O)c1ccc(Cl)cc1. The number of ether oxygens (including phenoxy) is 1. The van der Waals surface area contributed by atoms with Gasteiger partial charge in [-0.05, 0) is 24.3 Å². The van der Waals surface area contributed by atoms with Crippen molar-refractivity contribution in [2.75, 3.05) is 11.5 Å². The third-order valence-electron chi connectivity index (χ3n) is 1.97. The van der Waals surface area contributed by atoms with Crippen molar-refractivity contribution in [2.45, 2.75) is 0 Å². The van der Waals surface area contributed by atoms with E-state index in [1.54, 1.807) is 24.3 Å². The van der Waals surface area contributed by atoms with Gasteiger partial charge in [-0.25, -0.2) is 4.79 Å². The summed E-state index contributed by atoms with van der Waals surface area (Å²) in [6.07, 6.45) is 0. The molecule has 0 aromatic heterocycles. The lowest BCUT2D eigenvalue weighted by molar-refractivity contribution is -0.135. The highest BCUT2D eigenvalue weighted by Gasteiger charge is 2.15. The minimum atomic E-state index is -0.526. The molecule has 16 heavy (non-hydrogen) atoms. The van der Waals surface area contributed by atoms with Crippen LogP contribution in [0.15, 0.2) is 29.8 Å². The molecule has 0 fully saturated rings. The number of carbonyl (C=O) groups is 1. The number of methoxy groups -OCH3 is 1. The maximum Gasteiger partial charge on any atom is 0.338 e. The molecule has 0 heterocycles. The first kappa shape index (κ1) is 13.3. The van der Waals surface area contributed by atoms with E-state index >= 15 is 0 Å². The van der Waals surface area contributed by atoms with Gasteiger partial charge in [-0.1, -0.05) is 34.2 Å². The van der Waals surface area contributed by atoms with E-state index in [-0.39, 0.29) is 11.3 Å². The number of esters is 1. The van der Waals surface area contributed by atoms with E-state index < -0.39 is 5.97 Å². The van der Waals surface area contributed by atoms with Crippen LogP contribution in [0.4, 0.5) is 0 Å². The molecule has 1 aromatic rings. The molecule has 0 saturated carbocycles. The molecule has 0 aliphatic carbocycles. The van der Waals surface area contributed by atoms with Crippen LogP contribution in [-0.4, -0.2) is 22.6 Å². The highest BCUT2D eigenvalue weighted by Crippen LogP contribution is 2.20. The van der Waals surface area contributed by atoms with Crippen molar-refractivity contribution in [3.05, 3.63) is 40.4 Å². The Balaban J connectivity index is 3.14. The Hall–Kier alpha value is -0.750. The maximum absolute atomic E-state index is 11.4. The van der Waals surface area contributed by atoms with Crippen LogP contribution in [0.3, 0.4) is 0 Å². The summed E-state index contributed by atoms with van der Waals surface area (Å²) in [5.74, 6) is -0.597. The van der Waals surface area contributed by atoms with Gasteiger partial charge in [-0.15, -0.1) is 0 Å². The minimum absolute atomic E-state index is 0.0714. The molecule has 0 radical (unpaired) electrons. The summed E-state index contributed by atoms with van der Waals surface area (Å²) in [7, 11) is 1.28. The third-order valence-corrected chi connectivity index (χ3v) is 2.98. The normalized spacial score (nSPS) is 11.9. The molecule has 1 rings (SSSR count). The summed E-state index contributed by atoms with van der Waals surface area (Å²) in [6, 6.07) is 6.59. The van der Waals surface area contributed by atoms with Crippen LogP contribution in [0.5, 0.6) is 0 Å². The topological polar surface area (TPSA) is 46.5 Å². The fourth-order valence-corrected chi connectivity index (χ4v) is 1.92. The van der Waals surface area contributed by atoms with Gasteiger partial charge in [0, 0.05) is 15.0 Å². The van der Waals surface area contributed by atoms with E-state index in [2.05, 4.69) is 4.74 Å². The van der Waals surface area contributed by atoms with Crippen LogP contribution in [0.1, 0.15) is 5.56 Å². The maximum atomic E-state index is 11.4. The summed E-state index contributed by atoms with van der Waals surface area (Å²) in [5.41, 5.74) is 0.784. The molecule has 0 atom stereocenters. The van der Waals surface area contributed by atoms with E-state index in [0.717, 1.165) is 0 Å². The number of aliphatic hydroxyl groups excluding tert-OH is 1. The average Bonchev–Trinajstić information content (AvgIpc) is 2.30. The van der Waals surface area contributed by atoms with Gasteiger partial charge >= 0.3 is 5.97 Å². The van der Waals surface area contributed by atoms with E-state index in [1.165, 1.54) is 7.11 Å². The van der Waals surface area contributed by atoms with Crippen LogP contribution in [0.2, 0.25) is 5.02 Å². The van der Waals surface area contributed by atoms with Crippen molar-refractivity contribution in [1.82, 2.24) is 0 Å². The average molecular weight is 353 g/mol. The Bertz CT molecular complexity index is 412. The lowest BCUT2D eigenvalue weighted by Gasteiger charge is -2.06. The molecular formula is C11H10ClIO3. The first-order valence-corrected chi connectivity index (χ1v) is 6.32. The lowest BCUT2D eigenvalue weighted by Crippen LogP contribution is -2.08. The number of benzene rings is 1. The zero-order chi connectivity index (χ0) is 12.1. The fourth-order valence-electron chi connectivity index (χ4n) is 1.12. The lowest BCUT2D eigenvalue weighted by atomic mass is 10.1. The largest absolute Gasteiger partial charge is 0.507 e. The highest BCUT2D eigenvalue weighted by molar-refractivity contribution is 14.1. The molecule has 1 aromatic carbocycles. The zero-order valence-electron chi connectivity index (χ0n) is 8.54. The van der Waals surface area contributed by atoms with Gasteiger partial charge in [0.1, 0.15) is 5.76 Å². The van der Waals surface area contributed by atoms with Crippen LogP contribution < -0.4 is 0 Å². The van der Waals surface area contributed by atoms with Gasteiger partial charge in [-0.3, -0.25) is 0 Å². The first-order chi connectivity index (χ1) is 7.60. The molecule has 86 valence electrons. The van der Waals surface area contributed by atoms with Crippen LogP contribution in [0, 0.1) is 0 Å². The summed E-state index contributed by atoms with van der Waals surface area (Å²) in [6.45, 7) is 0. The van der Waals surface area contributed by atoms with Crippen LogP contribution >= 0.6 is 34.2 Å². The molecule has 3 nitrogen and oxygen atoms in total. The van der Waals surface area contributed by atoms with Crippen molar-refractivity contribution in [1.29, 1.82) is 0 Å².